The van der Waals surface area contributed by atoms with Gasteiger partial charge >= 0.3 is 6.09 Å². The van der Waals surface area contributed by atoms with Gasteiger partial charge in [0.2, 0.25) is 0 Å². The second kappa shape index (κ2) is 6.15. The Morgan fingerprint density at radius 2 is 1.95 bits per heavy atom. The van der Waals surface area contributed by atoms with Gasteiger partial charge in [-0.25, -0.2) is 4.79 Å². The molecule has 0 aromatic rings. The number of hydrogen-bond donors (Lipinski definition) is 0. The number of hydrogen-bond acceptors (Lipinski definition) is 3. The molecule has 3 heterocycles. The third-order valence-electron chi connectivity index (χ3n) is 5.44. The van der Waals surface area contributed by atoms with E-state index in [0.29, 0.717) is 11.5 Å². The van der Waals surface area contributed by atoms with E-state index in [0.717, 1.165) is 38.9 Å². The minimum Gasteiger partial charge on any atom is -0.445 e. The Hall–Kier alpha value is -0.770. The molecule has 0 saturated carbocycles. The number of rotatable bonds is 3. The van der Waals surface area contributed by atoms with Gasteiger partial charge in [0.15, 0.2) is 0 Å². The van der Waals surface area contributed by atoms with E-state index in [2.05, 4.69) is 18.7 Å². The van der Waals surface area contributed by atoms with Crippen molar-refractivity contribution in [3.05, 3.63) is 0 Å². The fourth-order valence-electron chi connectivity index (χ4n) is 4.69. The summed E-state index contributed by atoms with van der Waals surface area (Å²) in [5, 5.41) is 0. The van der Waals surface area contributed by atoms with E-state index < -0.39 is 0 Å². The fourth-order valence-corrected chi connectivity index (χ4v) is 4.69. The zero-order valence-electron chi connectivity index (χ0n) is 13.6. The van der Waals surface area contributed by atoms with E-state index in [1.807, 2.05) is 4.90 Å². The second-order valence-corrected chi connectivity index (χ2v) is 7.63. The molecule has 0 aromatic heterocycles. The summed E-state index contributed by atoms with van der Waals surface area (Å²) in [5.74, 6) is 0.710. The monoisotopic (exact) mass is 294 g/mol. The molecule has 4 heteroatoms. The lowest BCUT2D eigenvalue weighted by Gasteiger charge is -2.33. The number of amides is 1. The maximum atomic E-state index is 12.3. The predicted octanol–water partition coefficient (Wildman–Crippen LogP) is 3.26. The van der Waals surface area contributed by atoms with Crippen LogP contribution in [0.25, 0.3) is 0 Å². The largest absolute Gasteiger partial charge is 0.445 e. The summed E-state index contributed by atoms with van der Waals surface area (Å²) in [4.78, 5) is 16.8. The third kappa shape index (κ3) is 3.20. The lowest BCUT2D eigenvalue weighted by Crippen LogP contribution is -2.39. The van der Waals surface area contributed by atoms with E-state index in [9.17, 15) is 4.79 Å². The van der Waals surface area contributed by atoms with Gasteiger partial charge in [-0.05, 0) is 51.0 Å². The van der Waals surface area contributed by atoms with Gasteiger partial charge in [-0.1, -0.05) is 13.8 Å². The Labute approximate surface area is 128 Å². The number of likely N-dealkylation sites (tertiary alicyclic amines) is 1. The van der Waals surface area contributed by atoms with Crippen LogP contribution in [0, 0.1) is 5.92 Å². The Kier molecular flexibility index (Phi) is 4.43. The highest BCUT2D eigenvalue weighted by atomic mass is 16.6. The Balaban J connectivity index is 1.57. The number of piperidine rings is 1. The number of carbonyl (C=O) groups excluding carboxylic acids is 1. The smallest absolute Gasteiger partial charge is 0.410 e. The van der Waals surface area contributed by atoms with E-state index in [-0.39, 0.29) is 12.2 Å². The molecule has 0 radical (unpaired) electrons. The van der Waals surface area contributed by atoms with Crippen molar-refractivity contribution >= 4 is 6.09 Å². The van der Waals surface area contributed by atoms with Gasteiger partial charge in [-0.3, -0.25) is 4.90 Å². The second-order valence-electron chi connectivity index (χ2n) is 7.63. The lowest BCUT2D eigenvalue weighted by molar-refractivity contribution is 0.0598. The van der Waals surface area contributed by atoms with Crippen LogP contribution in [0.1, 0.15) is 58.8 Å². The molecule has 3 aliphatic heterocycles. The molecule has 21 heavy (non-hydrogen) atoms. The van der Waals surface area contributed by atoms with Gasteiger partial charge < -0.3 is 9.64 Å². The van der Waals surface area contributed by atoms with Crippen LogP contribution in [0.5, 0.6) is 0 Å². The van der Waals surface area contributed by atoms with Crippen LogP contribution in [0.4, 0.5) is 4.79 Å². The average Bonchev–Trinajstić information content (AvgIpc) is 2.94. The molecule has 4 nitrogen and oxygen atoms in total. The molecule has 0 unspecified atom stereocenters. The minimum atomic E-state index is -0.0689. The first-order chi connectivity index (χ1) is 10.1. The van der Waals surface area contributed by atoms with Crippen LogP contribution in [-0.2, 0) is 4.74 Å². The van der Waals surface area contributed by atoms with Crippen molar-refractivity contribution in [3.8, 4) is 0 Å². The molecule has 0 aromatic carbocycles. The highest BCUT2D eigenvalue weighted by molar-refractivity contribution is 5.68. The zero-order valence-corrected chi connectivity index (χ0v) is 13.6. The summed E-state index contributed by atoms with van der Waals surface area (Å²) in [6, 6.07) is 0. The van der Waals surface area contributed by atoms with Crippen LogP contribution in [-0.4, -0.2) is 53.7 Å². The van der Waals surface area contributed by atoms with Crippen LogP contribution >= 0.6 is 0 Å². The van der Waals surface area contributed by atoms with E-state index in [1.54, 1.807) is 0 Å². The third-order valence-corrected chi connectivity index (χ3v) is 5.44. The number of nitrogens with zero attached hydrogens (tertiary/aromatic N) is 2. The SMILES string of the molecule is CC(C)C[C@@]12CCCN1C[C@H](OC(=O)N1CCCCC1)C2. The summed E-state index contributed by atoms with van der Waals surface area (Å²) in [5.41, 5.74) is 0.320. The highest BCUT2D eigenvalue weighted by Crippen LogP contribution is 2.44. The van der Waals surface area contributed by atoms with Crippen LogP contribution in [0.15, 0.2) is 0 Å². The first-order valence-corrected chi connectivity index (χ1v) is 8.80. The Bertz CT molecular complexity index is 379. The maximum Gasteiger partial charge on any atom is 0.410 e. The molecule has 3 aliphatic rings. The van der Waals surface area contributed by atoms with Gasteiger partial charge in [0.25, 0.3) is 0 Å². The molecule has 0 N–H and O–H groups in total. The standard InChI is InChI=1S/C17H30N2O2/c1-14(2)11-17-7-6-10-19(17)13-15(12-17)21-16(20)18-8-4-3-5-9-18/h14-15H,3-13H2,1-2H3/t15-,17-/m1/s1. The first kappa shape index (κ1) is 15.1. The fraction of sp³-hybridized carbons (Fsp3) is 0.941. The molecule has 0 bridgehead atoms. The maximum absolute atomic E-state index is 12.3. The highest BCUT2D eigenvalue weighted by Gasteiger charge is 2.49. The lowest BCUT2D eigenvalue weighted by atomic mass is 9.85. The zero-order chi connectivity index (χ0) is 14.9. The van der Waals surface area contributed by atoms with Crippen LogP contribution < -0.4 is 0 Å². The molecule has 1 amide bonds. The minimum absolute atomic E-state index is 0.0689. The molecule has 3 fully saturated rings. The molecule has 2 atom stereocenters. The van der Waals surface area contributed by atoms with Crippen molar-refractivity contribution in [2.75, 3.05) is 26.2 Å². The molecular formula is C17H30N2O2. The van der Waals surface area contributed by atoms with Crippen molar-refractivity contribution < 1.29 is 9.53 Å². The van der Waals surface area contributed by atoms with Gasteiger partial charge in [0.1, 0.15) is 6.10 Å². The van der Waals surface area contributed by atoms with Gasteiger partial charge in [-0.15, -0.1) is 0 Å². The van der Waals surface area contributed by atoms with Crippen molar-refractivity contribution in [2.24, 2.45) is 5.92 Å². The summed E-state index contributed by atoms with van der Waals surface area (Å²) < 4.78 is 5.84. The number of ether oxygens (including phenoxy) is 1. The van der Waals surface area contributed by atoms with Gasteiger partial charge in [0.05, 0.1) is 0 Å². The predicted molar refractivity (Wildman–Crippen MR) is 83.3 cm³/mol. The molecule has 3 saturated heterocycles. The molecular weight excluding hydrogens is 264 g/mol. The average molecular weight is 294 g/mol. The molecule has 0 spiro atoms. The normalized spacial score (nSPS) is 33.5. The Morgan fingerprint density at radius 1 is 1.19 bits per heavy atom. The van der Waals surface area contributed by atoms with Crippen LogP contribution in [0.2, 0.25) is 0 Å². The molecule has 120 valence electrons. The number of fused-ring (bicyclic) bond motifs is 1. The van der Waals surface area contributed by atoms with Gasteiger partial charge in [-0.2, -0.15) is 0 Å². The van der Waals surface area contributed by atoms with Crippen molar-refractivity contribution in [3.63, 3.8) is 0 Å². The van der Waals surface area contributed by atoms with Crippen molar-refractivity contribution in [1.29, 1.82) is 0 Å². The first-order valence-electron chi connectivity index (χ1n) is 8.80. The summed E-state index contributed by atoms with van der Waals surface area (Å²) in [7, 11) is 0. The van der Waals surface area contributed by atoms with E-state index >= 15 is 0 Å². The van der Waals surface area contributed by atoms with E-state index in [1.165, 1.54) is 32.2 Å². The quantitative estimate of drug-likeness (QED) is 0.801. The van der Waals surface area contributed by atoms with Crippen LogP contribution in [0.3, 0.4) is 0 Å². The summed E-state index contributed by atoms with van der Waals surface area (Å²) >= 11 is 0. The van der Waals surface area contributed by atoms with E-state index in [4.69, 9.17) is 4.74 Å². The van der Waals surface area contributed by atoms with Crippen molar-refractivity contribution in [2.45, 2.75) is 70.4 Å². The molecule has 0 aliphatic carbocycles. The topological polar surface area (TPSA) is 32.8 Å². The molecule has 3 rings (SSSR count). The Morgan fingerprint density at radius 3 is 2.67 bits per heavy atom. The van der Waals surface area contributed by atoms with Gasteiger partial charge in [0, 0.05) is 31.6 Å². The summed E-state index contributed by atoms with van der Waals surface area (Å²) in [6.45, 7) is 8.51. The summed E-state index contributed by atoms with van der Waals surface area (Å²) in [6.07, 6.45) is 8.42. The number of carbonyl (C=O) groups is 1. The van der Waals surface area contributed by atoms with Crippen molar-refractivity contribution in [1.82, 2.24) is 9.80 Å².